The van der Waals surface area contributed by atoms with Crippen LogP contribution in [0.25, 0.3) is 0 Å². The van der Waals surface area contributed by atoms with Gasteiger partial charge in [-0.25, -0.2) is 12.8 Å². The summed E-state index contributed by atoms with van der Waals surface area (Å²) >= 11 is 1.03. The van der Waals surface area contributed by atoms with Crippen molar-refractivity contribution < 1.29 is 22.3 Å². The lowest BCUT2D eigenvalue weighted by molar-refractivity contribution is -0.117. The van der Waals surface area contributed by atoms with Gasteiger partial charge in [0.15, 0.2) is 0 Å². The lowest BCUT2D eigenvalue weighted by atomic mass is 10.2. The minimum Gasteiger partial charge on any atom is -0.378 e. The standard InChI is InChI=1S/C16H18FN3O4S2/c17-13-4-3-11(19-15(21)9-12-10-24-6-5-18-12)8-14(13)20-26(22,23)16-2-1-7-25-16/h1-4,7-8,12,18,20H,5-6,9-10H2,(H,19,21). The molecule has 1 fully saturated rings. The van der Waals surface area contributed by atoms with Crippen LogP contribution in [0.5, 0.6) is 0 Å². The maximum atomic E-state index is 14.0. The number of thiophene rings is 1. The molecule has 1 aromatic carbocycles. The highest BCUT2D eigenvalue weighted by Crippen LogP contribution is 2.25. The van der Waals surface area contributed by atoms with Gasteiger partial charge >= 0.3 is 0 Å². The van der Waals surface area contributed by atoms with Crippen molar-refractivity contribution in [3.8, 4) is 0 Å². The summed E-state index contributed by atoms with van der Waals surface area (Å²) in [5.41, 5.74) is 0.0762. The fraction of sp³-hybridized carbons (Fsp3) is 0.312. The summed E-state index contributed by atoms with van der Waals surface area (Å²) in [4.78, 5) is 12.1. The number of morpholine rings is 1. The Balaban J connectivity index is 1.68. The Hall–Kier alpha value is -2.01. The summed E-state index contributed by atoms with van der Waals surface area (Å²) in [6.07, 6.45) is 0.202. The lowest BCUT2D eigenvalue weighted by Crippen LogP contribution is -2.43. The maximum Gasteiger partial charge on any atom is 0.271 e. The van der Waals surface area contributed by atoms with Crippen LogP contribution in [-0.4, -0.2) is 40.1 Å². The van der Waals surface area contributed by atoms with Crippen LogP contribution >= 0.6 is 11.3 Å². The summed E-state index contributed by atoms with van der Waals surface area (Å²) in [6.45, 7) is 1.75. The van der Waals surface area contributed by atoms with Crippen molar-refractivity contribution in [3.05, 3.63) is 41.5 Å². The SMILES string of the molecule is O=C(CC1COCCN1)Nc1ccc(F)c(NS(=O)(=O)c2cccs2)c1. The molecule has 1 aliphatic heterocycles. The van der Waals surface area contributed by atoms with Crippen LogP contribution in [0.1, 0.15) is 6.42 Å². The van der Waals surface area contributed by atoms with Gasteiger partial charge in [-0.2, -0.15) is 0 Å². The Kier molecular flexibility index (Phi) is 5.87. The van der Waals surface area contributed by atoms with E-state index in [2.05, 4.69) is 15.4 Å². The van der Waals surface area contributed by atoms with Crippen LogP contribution in [0.15, 0.2) is 39.9 Å². The van der Waals surface area contributed by atoms with E-state index in [1.807, 2.05) is 0 Å². The van der Waals surface area contributed by atoms with E-state index in [4.69, 9.17) is 4.74 Å². The first-order valence-corrected chi connectivity index (χ1v) is 10.3. The smallest absolute Gasteiger partial charge is 0.271 e. The first-order chi connectivity index (χ1) is 12.4. The number of ether oxygens (including phenoxy) is 1. The molecular weight excluding hydrogens is 381 g/mol. The van der Waals surface area contributed by atoms with E-state index in [0.29, 0.717) is 25.4 Å². The molecule has 140 valence electrons. The van der Waals surface area contributed by atoms with Crippen LogP contribution in [0.2, 0.25) is 0 Å². The monoisotopic (exact) mass is 399 g/mol. The molecule has 3 rings (SSSR count). The quantitative estimate of drug-likeness (QED) is 0.691. The molecule has 1 saturated heterocycles. The predicted molar refractivity (Wildman–Crippen MR) is 97.4 cm³/mol. The van der Waals surface area contributed by atoms with Crippen molar-refractivity contribution in [2.24, 2.45) is 0 Å². The number of nitrogens with one attached hydrogen (secondary N) is 3. The molecular formula is C16H18FN3O4S2. The molecule has 1 amide bonds. The summed E-state index contributed by atoms with van der Waals surface area (Å²) in [7, 11) is -3.87. The minimum atomic E-state index is -3.87. The van der Waals surface area contributed by atoms with Crippen molar-refractivity contribution >= 4 is 38.6 Å². The molecule has 10 heteroatoms. The fourth-order valence-corrected chi connectivity index (χ4v) is 4.53. The first kappa shape index (κ1) is 18.8. The Morgan fingerprint density at radius 1 is 1.38 bits per heavy atom. The predicted octanol–water partition coefficient (Wildman–Crippen LogP) is 2.00. The van der Waals surface area contributed by atoms with Gasteiger partial charge in [-0.05, 0) is 29.6 Å². The van der Waals surface area contributed by atoms with Crippen LogP contribution in [0, 0.1) is 5.82 Å². The summed E-state index contributed by atoms with van der Waals surface area (Å²) in [6, 6.07) is 6.67. The third-order valence-corrected chi connectivity index (χ3v) is 6.45. The zero-order chi connectivity index (χ0) is 18.6. The molecule has 0 radical (unpaired) electrons. The molecule has 1 unspecified atom stereocenters. The third-order valence-electron chi connectivity index (χ3n) is 3.68. The number of halogens is 1. The van der Waals surface area contributed by atoms with Crippen molar-refractivity contribution in [2.45, 2.75) is 16.7 Å². The van der Waals surface area contributed by atoms with Gasteiger partial charge in [-0.1, -0.05) is 6.07 Å². The summed E-state index contributed by atoms with van der Waals surface area (Å²) in [5.74, 6) is -1.00. The Morgan fingerprint density at radius 2 is 2.23 bits per heavy atom. The van der Waals surface area contributed by atoms with Gasteiger partial charge in [0.05, 0.1) is 18.9 Å². The van der Waals surface area contributed by atoms with Crippen LogP contribution in [0.4, 0.5) is 15.8 Å². The normalized spacial score (nSPS) is 17.7. The Bertz CT molecular complexity index is 866. The molecule has 0 saturated carbocycles. The van der Waals surface area contributed by atoms with E-state index >= 15 is 0 Å². The van der Waals surface area contributed by atoms with E-state index < -0.39 is 15.8 Å². The first-order valence-electron chi connectivity index (χ1n) is 7.91. The second-order valence-electron chi connectivity index (χ2n) is 5.71. The number of hydrogen-bond donors (Lipinski definition) is 3. The number of sulfonamides is 1. The summed E-state index contributed by atoms with van der Waals surface area (Å²) < 4.78 is 46.0. The average molecular weight is 399 g/mol. The van der Waals surface area contributed by atoms with Crippen LogP contribution in [0.3, 0.4) is 0 Å². The fourth-order valence-electron chi connectivity index (χ4n) is 2.48. The highest BCUT2D eigenvalue weighted by Gasteiger charge is 2.19. The lowest BCUT2D eigenvalue weighted by Gasteiger charge is -2.23. The molecule has 3 N–H and O–H groups in total. The van der Waals surface area contributed by atoms with Crippen LogP contribution in [-0.2, 0) is 19.6 Å². The Morgan fingerprint density at radius 3 is 2.92 bits per heavy atom. The zero-order valence-electron chi connectivity index (χ0n) is 13.7. The molecule has 1 aromatic heterocycles. The zero-order valence-corrected chi connectivity index (χ0v) is 15.3. The van der Waals surface area contributed by atoms with Gasteiger partial charge < -0.3 is 15.4 Å². The number of amides is 1. The molecule has 0 spiro atoms. The highest BCUT2D eigenvalue weighted by atomic mass is 32.2. The van der Waals surface area contributed by atoms with E-state index in [1.165, 1.54) is 18.2 Å². The van der Waals surface area contributed by atoms with Crippen molar-refractivity contribution in [2.75, 3.05) is 29.8 Å². The largest absolute Gasteiger partial charge is 0.378 e. The average Bonchev–Trinajstić information content (AvgIpc) is 3.14. The second-order valence-corrected chi connectivity index (χ2v) is 8.57. The van der Waals surface area contributed by atoms with E-state index in [0.717, 1.165) is 17.4 Å². The van der Waals surface area contributed by atoms with E-state index in [1.54, 1.807) is 11.4 Å². The van der Waals surface area contributed by atoms with Crippen molar-refractivity contribution in [3.63, 3.8) is 0 Å². The van der Waals surface area contributed by atoms with Gasteiger partial charge in [-0.3, -0.25) is 9.52 Å². The number of carbonyl (C=O) groups excluding carboxylic acids is 1. The number of hydrogen-bond acceptors (Lipinski definition) is 6. The second kappa shape index (κ2) is 8.12. The highest BCUT2D eigenvalue weighted by molar-refractivity contribution is 7.94. The molecule has 2 heterocycles. The summed E-state index contributed by atoms with van der Waals surface area (Å²) in [5, 5.41) is 7.43. The van der Waals surface area contributed by atoms with Crippen molar-refractivity contribution in [1.29, 1.82) is 0 Å². The number of benzene rings is 1. The molecule has 26 heavy (non-hydrogen) atoms. The van der Waals surface area contributed by atoms with Crippen molar-refractivity contribution in [1.82, 2.24) is 5.32 Å². The molecule has 0 aliphatic carbocycles. The van der Waals surface area contributed by atoms with E-state index in [9.17, 15) is 17.6 Å². The van der Waals surface area contributed by atoms with Crippen LogP contribution < -0.4 is 15.4 Å². The minimum absolute atomic E-state index is 0.0784. The third kappa shape index (κ3) is 4.79. The number of anilines is 2. The number of rotatable bonds is 6. The van der Waals surface area contributed by atoms with Gasteiger partial charge in [0, 0.05) is 24.7 Å². The van der Waals surface area contributed by atoms with E-state index in [-0.39, 0.29) is 28.3 Å². The van der Waals surface area contributed by atoms with Gasteiger partial charge in [0.25, 0.3) is 10.0 Å². The van der Waals surface area contributed by atoms with Gasteiger partial charge in [0.1, 0.15) is 10.0 Å². The topological polar surface area (TPSA) is 96.5 Å². The number of carbonyl (C=O) groups is 1. The molecule has 1 atom stereocenters. The molecule has 7 nitrogen and oxygen atoms in total. The molecule has 0 bridgehead atoms. The maximum absolute atomic E-state index is 14.0. The van der Waals surface area contributed by atoms with Gasteiger partial charge in [0.2, 0.25) is 5.91 Å². The molecule has 1 aliphatic rings. The van der Waals surface area contributed by atoms with Gasteiger partial charge in [-0.15, -0.1) is 11.3 Å². The Labute approximate surface area is 154 Å². The molecule has 2 aromatic rings.